The van der Waals surface area contributed by atoms with Crippen molar-refractivity contribution in [2.24, 2.45) is 4.99 Å². The van der Waals surface area contributed by atoms with E-state index in [9.17, 15) is 29.1 Å². The van der Waals surface area contributed by atoms with E-state index in [0.29, 0.717) is 0 Å². The van der Waals surface area contributed by atoms with Crippen LogP contribution in [0.3, 0.4) is 0 Å². The summed E-state index contributed by atoms with van der Waals surface area (Å²) in [6, 6.07) is 3.66. The molecule has 5 atom stereocenters. The SMILES string of the molecule is CC(=O)O[C@@H]1[C@H](OC(C)=O)[C@@H](COP2(=O)OCc3cc([N+](=O)[O-])ccc3O2)O[C@H]1n1cnc2c(=O)[nH]c(/N=C/N(C)C)nc21. The molecule has 3 aromatic rings. The maximum absolute atomic E-state index is 13.3. The molecule has 234 valence electrons. The number of ether oxygens (including phenoxy) is 3. The van der Waals surface area contributed by atoms with E-state index < -0.39 is 61.4 Å². The van der Waals surface area contributed by atoms with E-state index in [2.05, 4.69) is 19.9 Å². The van der Waals surface area contributed by atoms with Crippen LogP contribution >= 0.6 is 7.82 Å². The normalized spacial score (nSPS) is 24.5. The van der Waals surface area contributed by atoms with E-state index in [1.807, 2.05) is 0 Å². The van der Waals surface area contributed by atoms with Gasteiger partial charge in [-0.25, -0.2) is 14.5 Å². The van der Waals surface area contributed by atoms with Crippen molar-refractivity contribution >= 4 is 48.9 Å². The maximum Gasteiger partial charge on any atom is 0.530 e. The van der Waals surface area contributed by atoms with Gasteiger partial charge in [-0.3, -0.25) is 43.1 Å². The smallest absolute Gasteiger partial charge is 0.456 e. The lowest BCUT2D eigenvalue weighted by Gasteiger charge is -2.26. The summed E-state index contributed by atoms with van der Waals surface area (Å²) in [6.45, 7) is 1.40. The molecule has 19 nitrogen and oxygen atoms in total. The molecule has 4 heterocycles. The van der Waals surface area contributed by atoms with Crippen LogP contribution in [-0.4, -0.2) is 86.6 Å². The number of nitrogens with zero attached hydrogens (tertiary/aromatic N) is 6. The number of nitro groups is 1. The highest BCUT2D eigenvalue weighted by Gasteiger charge is 2.52. The first kappa shape index (κ1) is 30.7. The topological polar surface area (TPSA) is 229 Å². The number of esters is 2. The van der Waals surface area contributed by atoms with Gasteiger partial charge in [0, 0.05) is 45.6 Å². The molecule has 0 aliphatic carbocycles. The molecule has 2 aromatic heterocycles. The van der Waals surface area contributed by atoms with E-state index in [1.165, 1.54) is 35.4 Å². The number of hydrogen-bond donors (Lipinski definition) is 1. The zero-order chi connectivity index (χ0) is 31.8. The average molecular weight is 635 g/mol. The Hall–Kier alpha value is -4.71. The molecule has 1 aromatic carbocycles. The highest BCUT2D eigenvalue weighted by atomic mass is 31.2. The molecule has 5 rings (SSSR count). The fraction of sp³-hybridized carbons (Fsp3) is 0.417. The Balaban J connectivity index is 1.44. The third-order valence-corrected chi connectivity index (χ3v) is 7.57. The first-order valence-corrected chi connectivity index (χ1v) is 14.3. The number of H-pyrrole nitrogens is 1. The summed E-state index contributed by atoms with van der Waals surface area (Å²) in [5.41, 5.74) is -0.589. The summed E-state index contributed by atoms with van der Waals surface area (Å²) in [7, 11) is -0.843. The molecular formula is C24H26N7O12P. The van der Waals surface area contributed by atoms with Gasteiger partial charge in [0.1, 0.15) is 11.9 Å². The van der Waals surface area contributed by atoms with Gasteiger partial charge in [0.15, 0.2) is 29.6 Å². The zero-order valence-corrected chi connectivity index (χ0v) is 24.5. The van der Waals surface area contributed by atoms with Crippen LogP contribution < -0.4 is 10.1 Å². The number of imidazole rings is 1. The number of nitro benzene ring substituents is 1. The summed E-state index contributed by atoms with van der Waals surface area (Å²) >= 11 is 0. The Bertz CT molecular complexity index is 1750. The predicted molar refractivity (Wildman–Crippen MR) is 147 cm³/mol. The van der Waals surface area contributed by atoms with Gasteiger partial charge in [-0.1, -0.05) is 0 Å². The lowest BCUT2D eigenvalue weighted by Crippen LogP contribution is -2.40. The second-order valence-corrected chi connectivity index (χ2v) is 11.4. The third-order valence-electron chi connectivity index (χ3n) is 6.23. The van der Waals surface area contributed by atoms with Crippen LogP contribution in [-0.2, 0) is 44.0 Å². The highest BCUT2D eigenvalue weighted by Crippen LogP contribution is 2.55. The molecule has 1 fully saturated rings. The summed E-state index contributed by atoms with van der Waals surface area (Å²) in [5, 5.41) is 11.1. The van der Waals surface area contributed by atoms with E-state index in [1.54, 1.807) is 19.0 Å². The fourth-order valence-electron chi connectivity index (χ4n) is 4.45. The predicted octanol–water partition coefficient (Wildman–Crippen LogP) is 1.74. The van der Waals surface area contributed by atoms with Crippen molar-refractivity contribution in [1.29, 1.82) is 0 Å². The second-order valence-electron chi connectivity index (χ2n) is 9.79. The lowest BCUT2D eigenvalue weighted by atomic mass is 10.1. The number of aromatic nitrogens is 4. The number of benzene rings is 1. The number of rotatable bonds is 9. The number of aromatic amines is 1. The van der Waals surface area contributed by atoms with Crippen LogP contribution in [0.1, 0.15) is 25.6 Å². The molecule has 1 N–H and O–H groups in total. The summed E-state index contributed by atoms with van der Waals surface area (Å²) in [4.78, 5) is 64.0. The zero-order valence-electron chi connectivity index (χ0n) is 23.6. The van der Waals surface area contributed by atoms with Crippen LogP contribution in [0.15, 0.2) is 34.3 Å². The molecule has 2 aliphatic heterocycles. The number of aliphatic imine (C=N–C) groups is 1. The van der Waals surface area contributed by atoms with Crippen LogP contribution in [0.5, 0.6) is 5.75 Å². The molecule has 20 heteroatoms. The quantitative estimate of drug-likeness (QED) is 0.0881. The molecule has 0 bridgehead atoms. The Kier molecular flexibility index (Phi) is 8.46. The van der Waals surface area contributed by atoms with Crippen molar-refractivity contribution in [3.05, 3.63) is 50.6 Å². The average Bonchev–Trinajstić information content (AvgIpc) is 3.51. The van der Waals surface area contributed by atoms with Crippen molar-refractivity contribution < 1.29 is 46.9 Å². The van der Waals surface area contributed by atoms with Crippen molar-refractivity contribution in [2.75, 3.05) is 20.7 Å². The van der Waals surface area contributed by atoms with Gasteiger partial charge in [-0.2, -0.15) is 4.98 Å². The van der Waals surface area contributed by atoms with E-state index in [0.717, 1.165) is 13.8 Å². The minimum Gasteiger partial charge on any atom is -0.456 e. The van der Waals surface area contributed by atoms with Crippen molar-refractivity contribution in [1.82, 2.24) is 24.4 Å². The minimum absolute atomic E-state index is 0.0161. The van der Waals surface area contributed by atoms with E-state index in [4.69, 9.17) is 27.8 Å². The summed E-state index contributed by atoms with van der Waals surface area (Å²) < 4.78 is 47.8. The van der Waals surface area contributed by atoms with Crippen LogP contribution in [0.2, 0.25) is 0 Å². The Morgan fingerprint density at radius 2 is 2.00 bits per heavy atom. The molecule has 0 amide bonds. The van der Waals surface area contributed by atoms with E-state index >= 15 is 0 Å². The van der Waals surface area contributed by atoms with Crippen LogP contribution in [0.25, 0.3) is 11.2 Å². The van der Waals surface area contributed by atoms with Gasteiger partial charge in [0.2, 0.25) is 5.95 Å². The third kappa shape index (κ3) is 6.45. The number of phosphoric ester groups is 1. The second kappa shape index (κ2) is 12.1. The minimum atomic E-state index is -4.29. The largest absolute Gasteiger partial charge is 0.530 e. The number of phosphoric acid groups is 1. The van der Waals surface area contributed by atoms with Crippen LogP contribution in [0.4, 0.5) is 11.6 Å². The van der Waals surface area contributed by atoms with Crippen molar-refractivity contribution in [3.63, 3.8) is 0 Å². The number of carbonyl (C=O) groups excluding carboxylic acids is 2. The molecule has 0 saturated carbocycles. The Morgan fingerprint density at radius 3 is 2.68 bits per heavy atom. The molecule has 2 aliphatic rings. The maximum atomic E-state index is 13.3. The number of nitrogens with one attached hydrogen (secondary N) is 1. The molecular weight excluding hydrogens is 609 g/mol. The fourth-order valence-corrected chi connectivity index (χ4v) is 5.68. The molecule has 0 radical (unpaired) electrons. The Morgan fingerprint density at radius 1 is 1.27 bits per heavy atom. The number of non-ortho nitro benzene ring substituents is 1. The van der Waals surface area contributed by atoms with Crippen LogP contribution in [0, 0.1) is 10.1 Å². The highest BCUT2D eigenvalue weighted by molar-refractivity contribution is 7.49. The monoisotopic (exact) mass is 635 g/mol. The number of hydrogen-bond acceptors (Lipinski definition) is 15. The van der Waals surface area contributed by atoms with Crippen molar-refractivity contribution in [3.8, 4) is 5.75 Å². The van der Waals surface area contributed by atoms with Gasteiger partial charge >= 0.3 is 19.8 Å². The lowest BCUT2D eigenvalue weighted by molar-refractivity contribution is -0.385. The Labute approximate surface area is 247 Å². The summed E-state index contributed by atoms with van der Waals surface area (Å²) in [6.07, 6.45) is -2.41. The molecule has 0 spiro atoms. The van der Waals surface area contributed by atoms with Gasteiger partial charge in [0.05, 0.1) is 30.8 Å². The van der Waals surface area contributed by atoms with Gasteiger partial charge in [-0.05, 0) is 6.07 Å². The number of fused-ring (bicyclic) bond motifs is 2. The molecule has 1 unspecified atom stereocenters. The van der Waals surface area contributed by atoms with E-state index in [-0.39, 0.29) is 40.7 Å². The van der Waals surface area contributed by atoms with Gasteiger partial charge in [-0.15, -0.1) is 0 Å². The first-order chi connectivity index (χ1) is 20.8. The standard InChI is InChI=1S/C24H26N7O12P/c1-12(32)40-19-17(9-39-44(37)38-8-14-7-15(31(35)36)5-6-16(14)43-44)42-23(20(19)41-13(2)33)30-11-25-18-21(30)27-24(28-22(18)34)26-10-29(3)4/h5-7,10-11,17,19-20,23H,8-9H2,1-4H3,(H,27,28,34)/b26-10+/t17-,19-,20-,23-,44?/m1/s1. The molecule has 1 saturated heterocycles. The number of carbonyl (C=O) groups is 2. The van der Waals surface area contributed by atoms with Crippen molar-refractivity contribution in [2.45, 2.75) is 45.0 Å². The molecule has 44 heavy (non-hydrogen) atoms. The summed E-state index contributed by atoms with van der Waals surface area (Å²) in [5.74, 6) is -1.49. The van der Waals surface area contributed by atoms with Gasteiger partial charge < -0.3 is 23.6 Å². The van der Waals surface area contributed by atoms with Gasteiger partial charge in [0.25, 0.3) is 11.2 Å². The first-order valence-electron chi connectivity index (χ1n) is 12.9.